The smallest absolute Gasteiger partial charge is 0.255 e. The fourth-order valence-corrected chi connectivity index (χ4v) is 2.80. The van der Waals surface area contributed by atoms with E-state index in [0.29, 0.717) is 11.7 Å². The van der Waals surface area contributed by atoms with Crippen LogP contribution in [0.1, 0.15) is 36.0 Å². The largest absolute Gasteiger partial charge is 0.378 e. The molecule has 2 aromatic rings. The quantitative estimate of drug-likeness (QED) is 0.848. The normalized spacial score (nSPS) is 18.2. The van der Waals surface area contributed by atoms with E-state index in [-0.39, 0.29) is 5.91 Å². The second kappa shape index (κ2) is 6.26. The third-order valence-electron chi connectivity index (χ3n) is 4.03. The van der Waals surface area contributed by atoms with E-state index in [1.54, 1.807) is 11.1 Å². The Morgan fingerprint density at radius 3 is 3.24 bits per heavy atom. The van der Waals surface area contributed by atoms with E-state index in [9.17, 15) is 4.79 Å². The van der Waals surface area contributed by atoms with E-state index < -0.39 is 0 Å². The monoisotopic (exact) mass is 287 g/mol. The molecule has 0 N–H and O–H groups in total. The average molecular weight is 287 g/mol. The Hall–Kier alpha value is -1.88. The van der Waals surface area contributed by atoms with Gasteiger partial charge in [0.25, 0.3) is 5.91 Å². The van der Waals surface area contributed by atoms with Gasteiger partial charge in [-0.05, 0) is 37.8 Å². The van der Waals surface area contributed by atoms with Crippen LogP contribution in [0.25, 0.3) is 5.65 Å². The van der Waals surface area contributed by atoms with Crippen LogP contribution in [0.4, 0.5) is 0 Å². The molecular weight excluding hydrogens is 266 g/mol. The molecule has 5 heteroatoms. The van der Waals surface area contributed by atoms with Gasteiger partial charge in [-0.1, -0.05) is 0 Å². The molecule has 1 aliphatic rings. The molecule has 1 saturated heterocycles. The molecule has 21 heavy (non-hydrogen) atoms. The lowest BCUT2D eigenvalue weighted by atomic mass is 10.1. The Balaban J connectivity index is 1.55. The molecule has 1 amide bonds. The van der Waals surface area contributed by atoms with E-state index in [2.05, 4.69) is 4.98 Å². The molecule has 3 heterocycles. The Bertz CT molecular complexity index is 617. The lowest BCUT2D eigenvalue weighted by Crippen LogP contribution is -2.28. The highest BCUT2D eigenvalue weighted by atomic mass is 16.5. The first-order chi connectivity index (χ1) is 10.2. The predicted octanol–water partition coefficient (Wildman–Crippen LogP) is 2.37. The fraction of sp³-hybridized carbons (Fsp3) is 0.500. The van der Waals surface area contributed by atoms with Crippen molar-refractivity contribution >= 4 is 11.6 Å². The second-order valence-corrected chi connectivity index (χ2v) is 5.61. The molecule has 1 atom stereocenters. The van der Waals surface area contributed by atoms with Gasteiger partial charge in [0, 0.05) is 38.8 Å². The minimum absolute atomic E-state index is 0.0536. The van der Waals surface area contributed by atoms with Gasteiger partial charge in [-0.3, -0.25) is 4.79 Å². The summed E-state index contributed by atoms with van der Waals surface area (Å²) in [5, 5.41) is 0. The van der Waals surface area contributed by atoms with Gasteiger partial charge in [-0.2, -0.15) is 0 Å². The number of nitrogens with zero attached hydrogens (tertiary/aromatic N) is 3. The summed E-state index contributed by atoms with van der Waals surface area (Å²) in [6.45, 7) is 1.66. The van der Waals surface area contributed by atoms with Gasteiger partial charge >= 0.3 is 0 Å². The number of rotatable bonds is 5. The Morgan fingerprint density at radius 1 is 1.52 bits per heavy atom. The molecule has 0 unspecified atom stereocenters. The molecule has 1 aliphatic heterocycles. The highest BCUT2D eigenvalue weighted by molar-refractivity contribution is 5.94. The summed E-state index contributed by atoms with van der Waals surface area (Å²) in [5.41, 5.74) is 1.55. The summed E-state index contributed by atoms with van der Waals surface area (Å²) in [7, 11) is 1.86. The number of imidazole rings is 1. The van der Waals surface area contributed by atoms with Crippen LogP contribution in [-0.2, 0) is 4.74 Å². The summed E-state index contributed by atoms with van der Waals surface area (Å²) in [6, 6.07) is 3.70. The number of hydrogen-bond donors (Lipinski definition) is 0. The van der Waals surface area contributed by atoms with Crippen LogP contribution in [0.5, 0.6) is 0 Å². The molecule has 112 valence electrons. The number of aromatic nitrogens is 2. The zero-order valence-electron chi connectivity index (χ0n) is 12.4. The molecule has 0 aromatic carbocycles. The van der Waals surface area contributed by atoms with Gasteiger partial charge in [0.2, 0.25) is 0 Å². The fourth-order valence-electron chi connectivity index (χ4n) is 2.80. The standard InChI is InChI=1S/C16H21N3O2/c1-18(9-2-4-14-5-3-11-21-14)16(20)13-6-7-15-17-8-10-19(15)12-13/h6-8,10,12,14H,2-5,9,11H2,1H3/t14-/m0/s1. The zero-order valence-corrected chi connectivity index (χ0v) is 12.4. The third kappa shape index (κ3) is 3.24. The van der Waals surface area contributed by atoms with Crippen molar-refractivity contribution in [3.63, 3.8) is 0 Å². The van der Waals surface area contributed by atoms with Crippen LogP contribution >= 0.6 is 0 Å². The zero-order chi connectivity index (χ0) is 14.7. The first-order valence-corrected chi connectivity index (χ1v) is 7.54. The lowest BCUT2D eigenvalue weighted by Gasteiger charge is -2.18. The maximum Gasteiger partial charge on any atom is 0.255 e. The number of hydrogen-bond acceptors (Lipinski definition) is 3. The first-order valence-electron chi connectivity index (χ1n) is 7.54. The number of amides is 1. The number of carbonyl (C=O) groups excluding carboxylic acids is 1. The second-order valence-electron chi connectivity index (χ2n) is 5.61. The van der Waals surface area contributed by atoms with E-state index in [4.69, 9.17) is 4.74 Å². The van der Waals surface area contributed by atoms with Crippen LogP contribution in [0.2, 0.25) is 0 Å². The van der Waals surface area contributed by atoms with Gasteiger partial charge in [-0.25, -0.2) is 4.98 Å². The summed E-state index contributed by atoms with van der Waals surface area (Å²) >= 11 is 0. The van der Waals surface area contributed by atoms with Gasteiger partial charge in [0.05, 0.1) is 11.7 Å². The highest BCUT2D eigenvalue weighted by Crippen LogP contribution is 2.17. The van der Waals surface area contributed by atoms with Crippen molar-refractivity contribution in [3.8, 4) is 0 Å². The molecule has 0 aliphatic carbocycles. The van der Waals surface area contributed by atoms with Crippen molar-refractivity contribution in [1.82, 2.24) is 14.3 Å². The third-order valence-corrected chi connectivity index (χ3v) is 4.03. The minimum Gasteiger partial charge on any atom is -0.378 e. The summed E-state index contributed by atoms with van der Waals surface area (Å²) in [5.74, 6) is 0.0536. The Labute approximate surface area is 124 Å². The number of fused-ring (bicyclic) bond motifs is 1. The van der Waals surface area contributed by atoms with Crippen molar-refractivity contribution in [1.29, 1.82) is 0 Å². The Morgan fingerprint density at radius 2 is 2.43 bits per heavy atom. The molecule has 2 aromatic heterocycles. The number of ether oxygens (including phenoxy) is 1. The molecule has 0 spiro atoms. The highest BCUT2D eigenvalue weighted by Gasteiger charge is 2.16. The molecule has 0 saturated carbocycles. The van der Waals surface area contributed by atoms with Crippen LogP contribution in [-0.4, -0.2) is 46.5 Å². The molecule has 5 nitrogen and oxygen atoms in total. The van der Waals surface area contributed by atoms with Crippen molar-refractivity contribution in [3.05, 3.63) is 36.3 Å². The van der Waals surface area contributed by atoms with E-state index >= 15 is 0 Å². The lowest BCUT2D eigenvalue weighted by molar-refractivity contribution is 0.0762. The SMILES string of the molecule is CN(CCC[C@H]1CCCO1)C(=O)c1ccc2nccn2c1. The van der Waals surface area contributed by atoms with Crippen LogP contribution in [0, 0.1) is 0 Å². The molecule has 0 radical (unpaired) electrons. The maximum atomic E-state index is 12.4. The van der Waals surface area contributed by atoms with Gasteiger partial charge in [0.15, 0.2) is 0 Å². The van der Waals surface area contributed by atoms with Crippen LogP contribution in [0.15, 0.2) is 30.7 Å². The van der Waals surface area contributed by atoms with E-state index in [0.717, 1.165) is 38.1 Å². The van der Waals surface area contributed by atoms with Crippen molar-refractivity contribution in [2.75, 3.05) is 20.2 Å². The maximum absolute atomic E-state index is 12.4. The molecule has 3 rings (SSSR count). The topological polar surface area (TPSA) is 46.8 Å². The van der Waals surface area contributed by atoms with Crippen molar-refractivity contribution in [2.24, 2.45) is 0 Å². The molecule has 1 fully saturated rings. The Kier molecular flexibility index (Phi) is 4.20. The predicted molar refractivity (Wildman–Crippen MR) is 80.4 cm³/mol. The van der Waals surface area contributed by atoms with Crippen LogP contribution < -0.4 is 0 Å². The average Bonchev–Trinajstić information content (AvgIpc) is 3.16. The summed E-state index contributed by atoms with van der Waals surface area (Å²) in [6.07, 6.45) is 10.2. The number of carbonyl (C=O) groups is 1. The van der Waals surface area contributed by atoms with E-state index in [1.165, 1.54) is 6.42 Å². The first kappa shape index (κ1) is 14.1. The van der Waals surface area contributed by atoms with Gasteiger partial charge in [-0.15, -0.1) is 0 Å². The number of pyridine rings is 1. The minimum atomic E-state index is 0.0536. The van der Waals surface area contributed by atoms with Gasteiger partial charge < -0.3 is 14.0 Å². The van der Waals surface area contributed by atoms with Crippen LogP contribution in [0.3, 0.4) is 0 Å². The molecular formula is C16H21N3O2. The summed E-state index contributed by atoms with van der Waals surface area (Å²) in [4.78, 5) is 18.4. The van der Waals surface area contributed by atoms with Crippen molar-refractivity contribution < 1.29 is 9.53 Å². The molecule has 0 bridgehead atoms. The van der Waals surface area contributed by atoms with E-state index in [1.807, 2.05) is 36.0 Å². The van der Waals surface area contributed by atoms with Gasteiger partial charge in [0.1, 0.15) is 5.65 Å². The van der Waals surface area contributed by atoms with Crippen molar-refractivity contribution in [2.45, 2.75) is 31.8 Å². The summed E-state index contributed by atoms with van der Waals surface area (Å²) < 4.78 is 7.47.